The number of carbonyl (C=O) groups is 2. The summed E-state index contributed by atoms with van der Waals surface area (Å²) in [6.07, 6.45) is 3.28. The molecule has 0 radical (unpaired) electrons. The van der Waals surface area contributed by atoms with Crippen molar-refractivity contribution in [2.45, 2.75) is 39.5 Å². The smallest absolute Gasteiger partial charge is 0.243 e. The second kappa shape index (κ2) is 12.0. The molecule has 0 unspecified atom stereocenters. The Morgan fingerprint density at radius 2 is 1.72 bits per heavy atom. The van der Waals surface area contributed by atoms with Crippen LogP contribution in [0.1, 0.15) is 39.5 Å². The second-order valence-corrected chi connectivity index (χ2v) is 7.03. The van der Waals surface area contributed by atoms with Gasteiger partial charge in [-0.05, 0) is 43.2 Å². The van der Waals surface area contributed by atoms with Crippen LogP contribution in [0.2, 0.25) is 5.02 Å². The van der Waals surface area contributed by atoms with Crippen molar-refractivity contribution < 1.29 is 14.3 Å². The Balaban J connectivity index is 1.90. The lowest BCUT2D eigenvalue weighted by Gasteiger charge is -2.12. The number of benzene rings is 2. The van der Waals surface area contributed by atoms with Crippen LogP contribution < -0.4 is 20.7 Å². The van der Waals surface area contributed by atoms with Crippen molar-refractivity contribution in [3.8, 4) is 5.75 Å². The van der Waals surface area contributed by atoms with Crippen molar-refractivity contribution in [1.82, 2.24) is 0 Å². The molecule has 3 N–H and O–H groups in total. The Labute approximate surface area is 177 Å². The van der Waals surface area contributed by atoms with Gasteiger partial charge in [0.2, 0.25) is 11.8 Å². The monoisotopic (exact) mass is 417 g/mol. The van der Waals surface area contributed by atoms with E-state index in [1.807, 2.05) is 19.1 Å². The Bertz CT molecular complexity index is 827. The van der Waals surface area contributed by atoms with Crippen molar-refractivity contribution >= 4 is 40.5 Å². The van der Waals surface area contributed by atoms with Crippen molar-refractivity contribution in [2.24, 2.45) is 0 Å². The summed E-state index contributed by atoms with van der Waals surface area (Å²) in [5.41, 5.74) is 1.87. The third kappa shape index (κ3) is 8.03. The molecule has 0 atom stereocenters. The minimum atomic E-state index is -0.216. The highest BCUT2D eigenvalue weighted by Crippen LogP contribution is 2.25. The minimum absolute atomic E-state index is 0.0347. The van der Waals surface area contributed by atoms with Gasteiger partial charge in [0.25, 0.3) is 0 Å². The van der Waals surface area contributed by atoms with Crippen LogP contribution in [0, 0.1) is 0 Å². The maximum atomic E-state index is 12.3. The van der Waals surface area contributed by atoms with E-state index in [-0.39, 0.29) is 18.4 Å². The largest absolute Gasteiger partial charge is 0.494 e. The Hall–Kier alpha value is -2.73. The first-order valence-corrected chi connectivity index (χ1v) is 10.3. The molecule has 2 aromatic rings. The van der Waals surface area contributed by atoms with Gasteiger partial charge in [0.05, 0.1) is 23.9 Å². The van der Waals surface area contributed by atoms with Crippen molar-refractivity contribution in [3.05, 3.63) is 47.5 Å². The average Bonchev–Trinajstić information content (AvgIpc) is 2.69. The van der Waals surface area contributed by atoms with E-state index in [1.54, 1.807) is 30.3 Å². The van der Waals surface area contributed by atoms with Crippen molar-refractivity contribution in [2.75, 3.05) is 29.1 Å². The number of unbranched alkanes of at least 4 members (excludes halogenated alkanes) is 1. The van der Waals surface area contributed by atoms with Gasteiger partial charge in [-0.15, -0.1) is 0 Å². The predicted octanol–water partition coefficient (Wildman–Crippen LogP) is 5.31. The molecule has 0 aliphatic heterocycles. The summed E-state index contributed by atoms with van der Waals surface area (Å²) in [5.74, 6) is 0.453. The van der Waals surface area contributed by atoms with E-state index >= 15 is 0 Å². The first-order valence-electron chi connectivity index (χ1n) is 9.87. The maximum absolute atomic E-state index is 12.3. The van der Waals surface area contributed by atoms with Gasteiger partial charge in [-0.1, -0.05) is 37.9 Å². The van der Waals surface area contributed by atoms with Gasteiger partial charge < -0.3 is 20.7 Å². The zero-order valence-electron chi connectivity index (χ0n) is 16.9. The molecule has 0 spiro atoms. The third-order valence-electron chi connectivity index (χ3n) is 4.05. The Kier molecular flexibility index (Phi) is 9.31. The molecule has 0 fully saturated rings. The number of anilines is 3. The number of halogens is 1. The maximum Gasteiger partial charge on any atom is 0.243 e. The van der Waals surface area contributed by atoms with Gasteiger partial charge in [-0.3, -0.25) is 9.59 Å². The van der Waals surface area contributed by atoms with E-state index in [4.69, 9.17) is 16.3 Å². The van der Waals surface area contributed by atoms with Gasteiger partial charge in [0, 0.05) is 23.9 Å². The highest BCUT2D eigenvalue weighted by atomic mass is 35.5. The number of nitrogens with one attached hydrogen (secondary N) is 3. The molecule has 2 amide bonds. The number of rotatable bonds is 11. The van der Waals surface area contributed by atoms with Gasteiger partial charge >= 0.3 is 0 Å². The van der Waals surface area contributed by atoms with E-state index in [0.717, 1.165) is 25.0 Å². The second-order valence-electron chi connectivity index (χ2n) is 6.62. The SMILES string of the molecule is CCCCOc1cccc(NC(=O)CNc2cc(NC(=O)CCC)ccc2Cl)c1. The van der Waals surface area contributed by atoms with Crippen LogP contribution >= 0.6 is 11.6 Å². The summed E-state index contributed by atoms with van der Waals surface area (Å²) < 4.78 is 5.66. The third-order valence-corrected chi connectivity index (χ3v) is 4.38. The van der Waals surface area contributed by atoms with Crippen LogP contribution in [0.5, 0.6) is 5.75 Å². The molecule has 0 saturated heterocycles. The molecule has 2 rings (SSSR count). The summed E-state index contributed by atoms with van der Waals surface area (Å²) >= 11 is 6.20. The quantitative estimate of drug-likeness (QED) is 0.433. The summed E-state index contributed by atoms with van der Waals surface area (Å²) in [4.78, 5) is 24.0. The molecule has 0 bridgehead atoms. The summed E-state index contributed by atoms with van der Waals surface area (Å²) in [6, 6.07) is 12.4. The standard InChI is InChI=1S/C22H28ClN3O3/c1-3-5-12-29-18-9-6-8-16(13-18)26-22(28)15-24-20-14-17(10-11-19(20)23)25-21(27)7-4-2/h6,8-11,13-14,24H,3-5,7,12,15H2,1-2H3,(H,25,27)(H,26,28). The highest BCUT2D eigenvalue weighted by molar-refractivity contribution is 6.33. The highest BCUT2D eigenvalue weighted by Gasteiger charge is 2.08. The van der Waals surface area contributed by atoms with Crippen molar-refractivity contribution in [1.29, 1.82) is 0 Å². The van der Waals surface area contributed by atoms with Crippen molar-refractivity contribution in [3.63, 3.8) is 0 Å². The average molecular weight is 418 g/mol. The van der Waals surface area contributed by atoms with E-state index in [9.17, 15) is 9.59 Å². The van der Waals surface area contributed by atoms with Gasteiger partial charge in [-0.2, -0.15) is 0 Å². The van der Waals surface area contributed by atoms with E-state index in [1.165, 1.54) is 0 Å². The molecule has 0 saturated carbocycles. The number of ether oxygens (including phenoxy) is 1. The normalized spacial score (nSPS) is 10.3. The van der Waals surface area contributed by atoms with Crippen LogP contribution in [-0.2, 0) is 9.59 Å². The molecule has 29 heavy (non-hydrogen) atoms. The van der Waals surface area contributed by atoms with E-state index < -0.39 is 0 Å². The molecule has 0 aliphatic carbocycles. The van der Waals surface area contributed by atoms with E-state index in [2.05, 4.69) is 22.9 Å². The van der Waals surface area contributed by atoms with Gasteiger partial charge in [0.1, 0.15) is 5.75 Å². The lowest BCUT2D eigenvalue weighted by molar-refractivity contribution is -0.116. The van der Waals surface area contributed by atoms with Crippen LogP contribution in [0.15, 0.2) is 42.5 Å². The number of carbonyl (C=O) groups excluding carboxylic acids is 2. The molecule has 156 valence electrons. The molecular formula is C22H28ClN3O3. The number of hydrogen-bond acceptors (Lipinski definition) is 4. The first-order chi connectivity index (χ1) is 14.0. The molecule has 6 nitrogen and oxygen atoms in total. The first kappa shape index (κ1) is 22.6. The summed E-state index contributed by atoms with van der Waals surface area (Å²) in [5, 5.41) is 9.12. The number of amides is 2. The molecule has 0 aliphatic rings. The molecule has 7 heteroatoms. The zero-order chi connectivity index (χ0) is 21.1. The predicted molar refractivity (Wildman–Crippen MR) is 119 cm³/mol. The van der Waals surface area contributed by atoms with Crippen LogP contribution in [0.4, 0.5) is 17.1 Å². The Morgan fingerprint density at radius 1 is 0.966 bits per heavy atom. The van der Waals surface area contributed by atoms with E-state index in [0.29, 0.717) is 35.1 Å². The summed E-state index contributed by atoms with van der Waals surface area (Å²) in [6.45, 7) is 4.74. The summed E-state index contributed by atoms with van der Waals surface area (Å²) in [7, 11) is 0. The lowest BCUT2D eigenvalue weighted by Crippen LogP contribution is -2.22. The molecule has 0 aromatic heterocycles. The molecule has 2 aromatic carbocycles. The lowest BCUT2D eigenvalue weighted by atomic mass is 10.2. The minimum Gasteiger partial charge on any atom is -0.494 e. The molecular weight excluding hydrogens is 390 g/mol. The van der Waals surface area contributed by atoms with Crippen LogP contribution in [-0.4, -0.2) is 25.0 Å². The molecule has 0 heterocycles. The fraction of sp³-hybridized carbons (Fsp3) is 0.364. The van der Waals surface area contributed by atoms with Crippen LogP contribution in [0.3, 0.4) is 0 Å². The fourth-order valence-electron chi connectivity index (χ4n) is 2.57. The zero-order valence-corrected chi connectivity index (χ0v) is 17.6. The number of hydrogen-bond donors (Lipinski definition) is 3. The topological polar surface area (TPSA) is 79.5 Å². The Morgan fingerprint density at radius 3 is 2.48 bits per heavy atom. The van der Waals surface area contributed by atoms with Crippen LogP contribution in [0.25, 0.3) is 0 Å². The van der Waals surface area contributed by atoms with Gasteiger partial charge in [-0.25, -0.2) is 0 Å². The fourth-order valence-corrected chi connectivity index (χ4v) is 2.75. The van der Waals surface area contributed by atoms with Gasteiger partial charge in [0.15, 0.2) is 0 Å².